The molecule has 0 rings (SSSR count). The summed E-state index contributed by atoms with van der Waals surface area (Å²) >= 11 is 0. The van der Waals surface area contributed by atoms with Gasteiger partial charge in [0.05, 0.1) is 13.2 Å². The summed E-state index contributed by atoms with van der Waals surface area (Å²) < 4.78 is 10.2. The first-order valence-electron chi connectivity index (χ1n) is 7.91. The molecule has 0 saturated carbocycles. The van der Waals surface area contributed by atoms with E-state index in [0.717, 1.165) is 25.7 Å². The first kappa shape index (κ1) is 18.9. The van der Waals surface area contributed by atoms with Gasteiger partial charge in [-0.2, -0.15) is 0 Å². The lowest BCUT2D eigenvalue weighted by Crippen LogP contribution is -2.09. The summed E-state index contributed by atoms with van der Waals surface area (Å²) in [6.45, 7) is 7.35. The van der Waals surface area contributed by atoms with E-state index < -0.39 is 0 Å². The van der Waals surface area contributed by atoms with Gasteiger partial charge < -0.3 is 9.47 Å². The quantitative estimate of drug-likeness (QED) is 0.404. The minimum Gasteiger partial charge on any atom is -0.466 e. The number of hydrogen-bond donors (Lipinski definition) is 0. The van der Waals surface area contributed by atoms with Gasteiger partial charge in [-0.3, -0.25) is 9.59 Å². The van der Waals surface area contributed by atoms with Crippen LogP contribution in [0.1, 0.15) is 72.1 Å². The highest BCUT2D eigenvalue weighted by atomic mass is 16.5. The Bertz CT molecular complexity index is 263. The Kier molecular flexibility index (Phi) is 12.3. The number of hydrogen-bond acceptors (Lipinski definition) is 4. The van der Waals surface area contributed by atoms with E-state index in [2.05, 4.69) is 20.8 Å². The van der Waals surface area contributed by atoms with E-state index >= 15 is 0 Å². The highest BCUT2D eigenvalue weighted by Crippen LogP contribution is 2.07. The third kappa shape index (κ3) is 12.0. The molecule has 0 fully saturated rings. The molecule has 0 radical (unpaired) electrons. The minimum atomic E-state index is -0.163. The largest absolute Gasteiger partial charge is 0.466 e. The molecule has 0 aliphatic carbocycles. The predicted molar refractivity (Wildman–Crippen MR) is 79.4 cm³/mol. The van der Waals surface area contributed by atoms with Gasteiger partial charge in [0.25, 0.3) is 0 Å². The molecular formula is C16H30O4. The molecule has 0 aromatic rings. The van der Waals surface area contributed by atoms with Crippen molar-refractivity contribution in [3.63, 3.8) is 0 Å². The maximum absolute atomic E-state index is 11.4. The van der Waals surface area contributed by atoms with E-state index in [4.69, 9.17) is 9.47 Å². The molecule has 0 aromatic heterocycles. The molecule has 118 valence electrons. The smallest absolute Gasteiger partial charge is 0.305 e. The number of esters is 2. The molecule has 4 heteroatoms. The molecule has 0 saturated heterocycles. The van der Waals surface area contributed by atoms with Gasteiger partial charge in [0.2, 0.25) is 0 Å². The highest BCUT2D eigenvalue weighted by Gasteiger charge is 2.06. The van der Waals surface area contributed by atoms with Crippen molar-refractivity contribution in [3.8, 4) is 0 Å². The van der Waals surface area contributed by atoms with E-state index in [-0.39, 0.29) is 11.9 Å². The van der Waals surface area contributed by atoms with E-state index in [0.29, 0.717) is 44.8 Å². The van der Waals surface area contributed by atoms with E-state index in [1.807, 2.05) is 0 Å². The van der Waals surface area contributed by atoms with Gasteiger partial charge in [-0.1, -0.05) is 33.6 Å². The first-order chi connectivity index (χ1) is 9.60. The number of rotatable bonds is 12. The fourth-order valence-electron chi connectivity index (χ4n) is 1.59. The summed E-state index contributed by atoms with van der Waals surface area (Å²) in [6.07, 6.45) is 6.12. The lowest BCUT2D eigenvalue weighted by Gasteiger charge is -2.08. The van der Waals surface area contributed by atoms with E-state index in [1.54, 1.807) is 0 Å². The average molecular weight is 286 g/mol. The normalized spacial score (nSPS) is 11.9. The Labute approximate surface area is 123 Å². The lowest BCUT2D eigenvalue weighted by atomic mass is 10.1. The topological polar surface area (TPSA) is 52.6 Å². The van der Waals surface area contributed by atoms with Crippen molar-refractivity contribution in [1.29, 1.82) is 0 Å². The van der Waals surface area contributed by atoms with Crippen molar-refractivity contribution >= 4 is 11.9 Å². The molecule has 0 aromatic carbocycles. The fourth-order valence-corrected chi connectivity index (χ4v) is 1.59. The zero-order valence-corrected chi connectivity index (χ0v) is 13.3. The van der Waals surface area contributed by atoms with Crippen LogP contribution in [-0.4, -0.2) is 25.2 Å². The van der Waals surface area contributed by atoms with Crippen molar-refractivity contribution in [3.05, 3.63) is 0 Å². The summed E-state index contributed by atoms with van der Waals surface area (Å²) in [4.78, 5) is 22.7. The van der Waals surface area contributed by atoms with Crippen LogP contribution in [0.3, 0.4) is 0 Å². The summed E-state index contributed by atoms with van der Waals surface area (Å²) in [5.74, 6) is 0.275. The second kappa shape index (κ2) is 12.9. The Morgan fingerprint density at radius 2 is 1.45 bits per heavy atom. The Hall–Kier alpha value is -1.06. The molecule has 0 amide bonds. The molecule has 20 heavy (non-hydrogen) atoms. The molecule has 0 bridgehead atoms. The van der Waals surface area contributed by atoms with Gasteiger partial charge in [-0.15, -0.1) is 0 Å². The lowest BCUT2D eigenvalue weighted by molar-refractivity contribution is -0.146. The molecule has 0 aliphatic heterocycles. The van der Waals surface area contributed by atoms with Gasteiger partial charge in [-0.25, -0.2) is 0 Å². The third-order valence-electron chi connectivity index (χ3n) is 3.34. The Morgan fingerprint density at radius 1 is 0.900 bits per heavy atom. The van der Waals surface area contributed by atoms with Crippen molar-refractivity contribution in [1.82, 2.24) is 0 Å². The van der Waals surface area contributed by atoms with Gasteiger partial charge in [0.15, 0.2) is 0 Å². The predicted octanol–water partition coefficient (Wildman–Crippen LogP) is 3.87. The van der Waals surface area contributed by atoms with Crippen LogP contribution < -0.4 is 0 Å². The van der Waals surface area contributed by atoms with Crippen molar-refractivity contribution in [2.24, 2.45) is 5.92 Å². The molecule has 1 unspecified atom stereocenters. The highest BCUT2D eigenvalue weighted by molar-refractivity contribution is 5.70. The van der Waals surface area contributed by atoms with Crippen LogP contribution in [-0.2, 0) is 19.1 Å². The molecule has 0 spiro atoms. The van der Waals surface area contributed by atoms with Crippen molar-refractivity contribution in [2.75, 3.05) is 13.2 Å². The van der Waals surface area contributed by atoms with Crippen LogP contribution in [0.2, 0.25) is 0 Å². The Balaban J connectivity index is 3.41. The Morgan fingerprint density at radius 3 is 1.95 bits per heavy atom. The first-order valence-corrected chi connectivity index (χ1v) is 7.91. The molecule has 4 nitrogen and oxygen atoms in total. The maximum atomic E-state index is 11.4. The van der Waals surface area contributed by atoms with E-state index in [9.17, 15) is 9.59 Å². The number of carbonyl (C=O) groups excluding carboxylic acids is 2. The van der Waals surface area contributed by atoms with Crippen LogP contribution in [0.15, 0.2) is 0 Å². The fraction of sp³-hybridized carbons (Fsp3) is 0.875. The second-order valence-electron chi connectivity index (χ2n) is 5.30. The number of ether oxygens (including phenoxy) is 2. The molecule has 1 atom stereocenters. The third-order valence-corrected chi connectivity index (χ3v) is 3.34. The molecule has 0 N–H and O–H groups in total. The van der Waals surface area contributed by atoms with Crippen LogP contribution in [0.25, 0.3) is 0 Å². The SMILES string of the molecule is CCCCOC(=O)CCCCC(=O)OCCC(C)CC. The van der Waals surface area contributed by atoms with Crippen LogP contribution in [0.5, 0.6) is 0 Å². The summed E-state index contributed by atoms with van der Waals surface area (Å²) in [5, 5.41) is 0. The summed E-state index contributed by atoms with van der Waals surface area (Å²) in [6, 6.07) is 0. The molecule has 0 aliphatic rings. The molecule has 0 heterocycles. The van der Waals surface area contributed by atoms with Crippen molar-refractivity contribution < 1.29 is 19.1 Å². The maximum Gasteiger partial charge on any atom is 0.305 e. The number of carbonyl (C=O) groups is 2. The standard InChI is InChI=1S/C16H30O4/c1-4-6-12-19-15(17)9-7-8-10-16(18)20-13-11-14(3)5-2/h14H,4-13H2,1-3H3. The average Bonchev–Trinajstić information content (AvgIpc) is 2.43. The second-order valence-corrected chi connectivity index (χ2v) is 5.30. The van der Waals surface area contributed by atoms with Gasteiger partial charge in [0.1, 0.15) is 0 Å². The monoisotopic (exact) mass is 286 g/mol. The van der Waals surface area contributed by atoms with E-state index in [1.165, 1.54) is 0 Å². The van der Waals surface area contributed by atoms with Gasteiger partial charge in [0, 0.05) is 12.8 Å². The summed E-state index contributed by atoms with van der Waals surface area (Å²) in [5.41, 5.74) is 0. The summed E-state index contributed by atoms with van der Waals surface area (Å²) in [7, 11) is 0. The molecular weight excluding hydrogens is 256 g/mol. The van der Waals surface area contributed by atoms with Crippen LogP contribution in [0, 0.1) is 5.92 Å². The van der Waals surface area contributed by atoms with Crippen LogP contribution >= 0.6 is 0 Å². The van der Waals surface area contributed by atoms with Gasteiger partial charge in [-0.05, 0) is 31.6 Å². The zero-order chi connectivity index (χ0) is 15.2. The van der Waals surface area contributed by atoms with Crippen molar-refractivity contribution in [2.45, 2.75) is 72.1 Å². The number of unbranched alkanes of at least 4 members (excludes halogenated alkanes) is 2. The van der Waals surface area contributed by atoms with Gasteiger partial charge >= 0.3 is 11.9 Å². The van der Waals surface area contributed by atoms with Crippen LogP contribution in [0.4, 0.5) is 0 Å². The minimum absolute atomic E-state index is 0.160. The zero-order valence-electron chi connectivity index (χ0n) is 13.3.